The molecule has 0 saturated carbocycles. The normalized spacial score (nSPS) is 12.2. The molecule has 1 aromatic carbocycles. The average Bonchev–Trinajstić information content (AvgIpc) is 2.26. The fourth-order valence-corrected chi connectivity index (χ4v) is 1.92. The minimum absolute atomic E-state index is 0.513. The van der Waals surface area contributed by atoms with E-state index in [4.69, 9.17) is 0 Å². The molecule has 106 valence electrons. The first-order valence-electron chi connectivity index (χ1n) is 6.78. The van der Waals surface area contributed by atoms with Gasteiger partial charge in [0.15, 0.2) is 0 Å². The summed E-state index contributed by atoms with van der Waals surface area (Å²) in [4.78, 5) is 0. The van der Waals surface area contributed by atoms with Gasteiger partial charge in [0, 0.05) is 6.07 Å². The molecule has 3 heteroatoms. The maximum Gasteiger partial charge on any atom is 0.126 e. The van der Waals surface area contributed by atoms with Crippen LogP contribution in [-0.4, -0.2) is 13.1 Å². The van der Waals surface area contributed by atoms with E-state index in [-0.39, 0.29) is 0 Å². The molecule has 0 bridgehead atoms. The molecule has 0 aliphatic rings. The van der Waals surface area contributed by atoms with E-state index in [2.05, 4.69) is 25.2 Å². The number of hydrogen-bond acceptors (Lipinski definition) is 1. The van der Waals surface area contributed by atoms with E-state index in [0.717, 1.165) is 31.1 Å². The third kappa shape index (κ3) is 7.06. The smallest absolute Gasteiger partial charge is 0.126 e. The van der Waals surface area contributed by atoms with Gasteiger partial charge in [-0.25, -0.2) is 8.78 Å². The molecule has 1 aromatic rings. The van der Waals surface area contributed by atoms with Gasteiger partial charge in [-0.3, -0.25) is 0 Å². The van der Waals surface area contributed by atoms with Crippen LogP contribution in [0.4, 0.5) is 8.78 Å². The summed E-state index contributed by atoms with van der Waals surface area (Å²) in [6, 6.07) is 3.67. The van der Waals surface area contributed by atoms with Crippen LogP contribution in [0.25, 0.3) is 0 Å². The highest BCUT2D eigenvalue weighted by atomic mass is 19.1. The number of halogens is 2. The van der Waals surface area contributed by atoms with Gasteiger partial charge in [-0.2, -0.15) is 0 Å². The molecule has 0 saturated heterocycles. The largest absolute Gasteiger partial charge is 0.316 e. The molecule has 0 amide bonds. The number of hydrogen-bond donors (Lipinski definition) is 1. The number of rotatable bonds is 7. The molecular weight excluding hydrogens is 244 g/mol. The second kappa shape index (κ2) is 8.05. The molecule has 0 radical (unpaired) electrons. The SMILES string of the molecule is C/C(=C/CCNCC(C)C)Cc1cc(F)cc(F)c1. The number of allylic oxidation sites excluding steroid dienone is 1. The summed E-state index contributed by atoms with van der Waals surface area (Å²) in [5.74, 6) is -0.372. The highest BCUT2D eigenvalue weighted by Gasteiger charge is 2.01. The summed E-state index contributed by atoms with van der Waals surface area (Å²) in [5, 5.41) is 3.36. The van der Waals surface area contributed by atoms with Gasteiger partial charge in [-0.1, -0.05) is 25.5 Å². The van der Waals surface area contributed by atoms with Crippen LogP contribution in [0.3, 0.4) is 0 Å². The lowest BCUT2D eigenvalue weighted by molar-refractivity contribution is 0.556. The number of nitrogens with one attached hydrogen (secondary N) is 1. The van der Waals surface area contributed by atoms with Crippen molar-refractivity contribution in [3.8, 4) is 0 Å². The Kier molecular flexibility index (Phi) is 6.71. The Bertz CT molecular complexity index is 405. The van der Waals surface area contributed by atoms with Gasteiger partial charge in [-0.05, 0) is 56.5 Å². The van der Waals surface area contributed by atoms with Crippen molar-refractivity contribution in [2.45, 2.75) is 33.6 Å². The summed E-state index contributed by atoms with van der Waals surface area (Å²) < 4.78 is 26.1. The Morgan fingerprint density at radius 3 is 2.42 bits per heavy atom. The summed E-state index contributed by atoms with van der Waals surface area (Å²) in [6.45, 7) is 8.29. The van der Waals surface area contributed by atoms with Crippen LogP contribution < -0.4 is 5.32 Å². The molecule has 1 rings (SSSR count). The Morgan fingerprint density at radius 2 is 1.84 bits per heavy atom. The van der Waals surface area contributed by atoms with E-state index in [1.807, 2.05) is 6.92 Å². The Labute approximate surface area is 114 Å². The predicted molar refractivity (Wildman–Crippen MR) is 76.1 cm³/mol. The van der Waals surface area contributed by atoms with Crippen LogP contribution in [0.5, 0.6) is 0 Å². The monoisotopic (exact) mass is 267 g/mol. The molecule has 19 heavy (non-hydrogen) atoms. The van der Waals surface area contributed by atoms with Crippen LogP contribution in [0.15, 0.2) is 29.8 Å². The zero-order chi connectivity index (χ0) is 14.3. The summed E-state index contributed by atoms with van der Waals surface area (Å²) >= 11 is 0. The van der Waals surface area contributed by atoms with Gasteiger partial charge < -0.3 is 5.32 Å². The zero-order valence-electron chi connectivity index (χ0n) is 12.0. The van der Waals surface area contributed by atoms with Crippen LogP contribution in [0.2, 0.25) is 0 Å². The van der Waals surface area contributed by atoms with Gasteiger partial charge in [0.25, 0.3) is 0 Å². The van der Waals surface area contributed by atoms with E-state index in [0.29, 0.717) is 17.9 Å². The second-order valence-electron chi connectivity index (χ2n) is 5.39. The second-order valence-corrected chi connectivity index (χ2v) is 5.39. The van der Waals surface area contributed by atoms with E-state index < -0.39 is 11.6 Å². The fourth-order valence-electron chi connectivity index (χ4n) is 1.92. The Balaban J connectivity index is 2.39. The van der Waals surface area contributed by atoms with Crippen molar-refractivity contribution in [2.24, 2.45) is 5.92 Å². The highest BCUT2D eigenvalue weighted by Crippen LogP contribution is 2.12. The lowest BCUT2D eigenvalue weighted by Crippen LogP contribution is -2.20. The van der Waals surface area contributed by atoms with E-state index in [1.165, 1.54) is 12.1 Å². The predicted octanol–water partition coefficient (Wildman–Crippen LogP) is 4.09. The number of benzene rings is 1. The van der Waals surface area contributed by atoms with Crippen molar-refractivity contribution < 1.29 is 8.78 Å². The van der Waals surface area contributed by atoms with Gasteiger partial charge in [0.05, 0.1) is 0 Å². The van der Waals surface area contributed by atoms with E-state index >= 15 is 0 Å². The third-order valence-corrected chi connectivity index (χ3v) is 2.77. The molecule has 0 fully saturated rings. The Hall–Kier alpha value is -1.22. The van der Waals surface area contributed by atoms with Crippen LogP contribution in [0.1, 0.15) is 32.8 Å². The van der Waals surface area contributed by atoms with Crippen molar-refractivity contribution in [2.75, 3.05) is 13.1 Å². The standard InChI is InChI=1S/C16H23F2N/c1-12(2)11-19-6-4-5-13(3)7-14-8-15(17)10-16(18)9-14/h5,8-10,12,19H,4,6-7,11H2,1-3H3/b13-5-. The van der Waals surface area contributed by atoms with Crippen molar-refractivity contribution in [3.63, 3.8) is 0 Å². The van der Waals surface area contributed by atoms with Crippen molar-refractivity contribution in [1.82, 2.24) is 5.32 Å². The first-order chi connectivity index (χ1) is 8.97. The fraction of sp³-hybridized carbons (Fsp3) is 0.500. The molecule has 0 aromatic heterocycles. The van der Waals surface area contributed by atoms with Crippen LogP contribution >= 0.6 is 0 Å². The Morgan fingerprint density at radius 1 is 1.21 bits per heavy atom. The van der Waals surface area contributed by atoms with Crippen molar-refractivity contribution >= 4 is 0 Å². The summed E-state index contributed by atoms with van der Waals surface area (Å²) in [7, 11) is 0. The van der Waals surface area contributed by atoms with E-state index in [9.17, 15) is 8.78 Å². The lowest BCUT2D eigenvalue weighted by atomic mass is 10.1. The molecule has 0 heterocycles. The zero-order valence-corrected chi connectivity index (χ0v) is 12.0. The van der Waals surface area contributed by atoms with E-state index in [1.54, 1.807) is 0 Å². The van der Waals surface area contributed by atoms with Crippen molar-refractivity contribution in [3.05, 3.63) is 47.0 Å². The first-order valence-corrected chi connectivity index (χ1v) is 6.78. The third-order valence-electron chi connectivity index (χ3n) is 2.77. The van der Waals surface area contributed by atoms with Crippen LogP contribution in [0, 0.1) is 17.6 Å². The van der Waals surface area contributed by atoms with Crippen molar-refractivity contribution in [1.29, 1.82) is 0 Å². The highest BCUT2D eigenvalue weighted by molar-refractivity contribution is 5.23. The topological polar surface area (TPSA) is 12.0 Å². The summed E-state index contributed by atoms with van der Waals surface area (Å²) in [6.07, 6.45) is 3.66. The molecule has 0 aliphatic heterocycles. The molecule has 0 atom stereocenters. The maximum atomic E-state index is 13.0. The maximum absolute atomic E-state index is 13.0. The minimum Gasteiger partial charge on any atom is -0.316 e. The molecule has 0 unspecified atom stereocenters. The van der Waals surface area contributed by atoms with Gasteiger partial charge >= 0.3 is 0 Å². The summed E-state index contributed by atoms with van der Waals surface area (Å²) in [5.41, 5.74) is 1.82. The van der Waals surface area contributed by atoms with Gasteiger partial charge in [-0.15, -0.1) is 0 Å². The molecule has 1 nitrogen and oxygen atoms in total. The first kappa shape index (κ1) is 15.8. The minimum atomic E-state index is -0.513. The average molecular weight is 267 g/mol. The molecule has 0 aliphatic carbocycles. The molecule has 0 spiro atoms. The quantitative estimate of drug-likeness (QED) is 0.579. The van der Waals surface area contributed by atoms with Gasteiger partial charge in [0.1, 0.15) is 11.6 Å². The van der Waals surface area contributed by atoms with Gasteiger partial charge in [0.2, 0.25) is 0 Å². The molecule has 1 N–H and O–H groups in total. The van der Waals surface area contributed by atoms with Crippen LogP contribution in [-0.2, 0) is 6.42 Å². The molecular formula is C16H23F2N. The lowest BCUT2D eigenvalue weighted by Gasteiger charge is -2.06.